The summed E-state index contributed by atoms with van der Waals surface area (Å²) in [7, 11) is 1.95. The summed E-state index contributed by atoms with van der Waals surface area (Å²) < 4.78 is 17.3. The van der Waals surface area contributed by atoms with Crippen molar-refractivity contribution in [2.24, 2.45) is 17.8 Å². The fourth-order valence-electron chi connectivity index (χ4n) is 6.60. The number of piperazine rings is 1. The van der Waals surface area contributed by atoms with E-state index in [9.17, 15) is 29.1 Å². The second-order valence-corrected chi connectivity index (χ2v) is 13.6. The maximum atomic E-state index is 15.7. The standard InChI is InChI=1S/C35H50FN7O6/c1-6-43-28(13-14-37-43)33(47)40-31(24-9-7-21(2)8-10-24)34(48)38-27-12-11-25(20-26(27)36)23(4)30(39-32(46)22(3)19-29(44)45)35(49)42-17-15-41(5)16-18-42/h11-14,20-24,30-31H,6-10,15-19H2,1-5H3,(H,38,48)(H,39,46)(H,40,47)(H,44,45)/t21?,22-,23+,24?,30-,31+/m1/s1. The van der Waals surface area contributed by atoms with Gasteiger partial charge in [-0.1, -0.05) is 39.7 Å². The summed E-state index contributed by atoms with van der Waals surface area (Å²) in [5.74, 6) is -4.94. The molecule has 1 aromatic heterocycles. The predicted octanol–water partition coefficient (Wildman–Crippen LogP) is 3.08. The number of halogens is 1. The van der Waals surface area contributed by atoms with Crippen LogP contribution < -0.4 is 16.0 Å². The predicted molar refractivity (Wildman–Crippen MR) is 181 cm³/mol. The molecule has 14 heteroatoms. The molecule has 268 valence electrons. The molecule has 4 atom stereocenters. The summed E-state index contributed by atoms with van der Waals surface area (Å²) in [5.41, 5.74) is 0.663. The van der Waals surface area contributed by atoms with Gasteiger partial charge in [-0.2, -0.15) is 5.10 Å². The van der Waals surface area contributed by atoms with Crippen LogP contribution in [0.5, 0.6) is 0 Å². The molecule has 0 unspecified atom stereocenters. The lowest BCUT2D eigenvalue weighted by Gasteiger charge is -2.36. The summed E-state index contributed by atoms with van der Waals surface area (Å²) in [4.78, 5) is 68.7. The Kier molecular flexibility index (Phi) is 12.9. The van der Waals surface area contributed by atoms with Crippen molar-refractivity contribution in [3.63, 3.8) is 0 Å². The number of aliphatic carboxylic acids is 1. The number of carbonyl (C=O) groups is 5. The van der Waals surface area contributed by atoms with E-state index in [2.05, 4.69) is 32.9 Å². The number of carboxylic acids is 1. The molecule has 2 fully saturated rings. The molecule has 13 nitrogen and oxygen atoms in total. The van der Waals surface area contributed by atoms with Crippen LogP contribution in [0.1, 0.15) is 81.8 Å². The Labute approximate surface area is 287 Å². The van der Waals surface area contributed by atoms with E-state index >= 15 is 4.39 Å². The van der Waals surface area contributed by atoms with Crippen molar-refractivity contribution >= 4 is 35.3 Å². The van der Waals surface area contributed by atoms with E-state index in [0.29, 0.717) is 49.9 Å². The number of benzene rings is 1. The summed E-state index contributed by atoms with van der Waals surface area (Å²) in [6, 6.07) is 3.86. The van der Waals surface area contributed by atoms with Crippen molar-refractivity contribution in [3.05, 3.63) is 47.5 Å². The average Bonchev–Trinajstić information content (AvgIpc) is 3.56. The molecule has 1 saturated carbocycles. The maximum Gasteiger partial charge on any atom is 0.304 e. The lowest BCUT2D eigenvalue weighted by molar-refractivity contribution is -0.142. The molecular weight excluding hydrogens is 633 g/mol. The third-order valence-electron chi connectivity index (χ3n) is 9.93. The molecule has 0 radical (unpaired) electrons. The molecular formula is C35H50FN7O6. The Morgan fingerprint density at radius 2 is 1.65 bits per heavy atom. The van der Waals surface area contributed by atoms with Crippen molar-refractivity contribution in [2.75, 3.05) is 38.5 Å². The topological polar surface area (TPSA) is 166 Å². The Morgan fingerprint density at radius 3 is 2.27 bits per heavy atom. The molecule has 1 aliphatic heterocycles. The minimum atomic E-state index is -1.13. The normalized spacial score (nSPS) is 20.8. The molecule has 4 amide bonds. The van der Waals surface area contributed by atoms with Gasteiger partial charge in [-0.15, -0.1) is 0 Å². The van der Waals surface area contributed by atoms with Gasteiger partial charge >= 0.3 is 5.97 Å². The molecule has 2 heterocycles. The number of aromatic nitrogens is 2. The lowest BCUT2D eigenvalue weighted by atomic mass is 9.79. The van der Waals surface area contributed by atoms with Gasteiger partial charge in [-0.25, -0.2) is 4.39 Å². The number of nitrogens with zero attached hydrogens (tertiary/aromatic N) is 4. The van der Waals surface area contributed by atoms with E-state index < -0.39 is 59.8 Å². The molecule has 1 aromatic carbocycles. The Bertz CT molecular complexity index is 1500. The fraction of sp³-hybridized carbons (Fsp3) is 0.600. The second-order valence-electron chi connectivity index (χ2n) is 13.6. The first-order valence-electron chi connectivity index (χ1n) is 17.2. The van der Waals surface area contributed by atoms with Crippen molar-refractivity contribution in [3.8, 4) is 0 Å². The zero-order chi connectivity index (χ0) is 35.8. The molecule has 49 heavy (non-hydrogen) atoms. The van der Waals surface area contributed by atoms with Crippen LogP contribution in [-0.2, 0) is 25.7 Å². The number of hydrogen-bond acceptors (Lipinski definition) is 7. The van der Waals surface area contributed by atoms with Crippen LogP contribution in [0.3, 0.4) is 0 Å². The summed E-state index contributed by atoms with van der Waals surface area (Å²) in [6.45, 7) is 9.90. The number of amides is 4. The van der Waals surface area contributed by atoms with Crippen LogP contribution in [0.2, 0.25) is 0 Å². The van der Waals surface area contributed by atoms with Gasteiger partial charge in [0, 0.05) is 50.8 Å². The zero-order valence-electron chi connectivity index (χ0n) is 29.1. The minimum Gasteiger partial charge on any atom is -0.481 e. The number of hydrogen-bond donors (Lipinski definition) is 4. The van der Waals surface area contributed by atoms with Gasteiger partial charge in [0.05, 0.1) is 12.1 Å². The molecule has 0 spiro atoms. The molecule has 1 saturated heterocycles. The lowest BCUT2D eigenvalue weighted by Crippen LogP contribution is -2.56. The first-order valence-corrected chi connectivity index (χ1v) is 17.2. The van der Waals surface area contributed by atoms with E-state index in [4.69, 9.17) is 0 Å². The number of likely N-dealkylation sites (N-methyl/N-ethyl adjacent to an activating group) is 1. The SMILES string of the molecule is CCn1nccc1C(=O)N[C@H](C(=O)Nc1ccc([C@H](C)[C@@H](NC(=O)[C@H](C)CC(=O)O)C(=O)N2CCN(C)CC2)cc1F)C1CCC(C)CC1. The molecule has 4 rings (SSSR count). The van der Waals surface area contributed by atoms with Crippen LogP contribution in [0.15, 0.2) is 30.5 Å². The number of nitrogens with one attached hydrogen (secondary N) is 3. The molecule has 2 aliphatic rings. The quantitative estimate of drug-likeness (QED) is 0.250. The van der Waals surface area contributed by atoms with Crippen LogP contribution in [-0.4, -0.2) is 99.6 Å². The van der Waals surface area contributed by atoms with Crippen molar-refractivity contribution < 1.29 is 33.5 Å². The molecule has 1 aliphatic carbocycles. The zero-order valence-corrected chi connectivity index (χ0v) is 29.1. The van der Waals surface area contributed by atoms with Crippen molar-refractivity contribution in [1.82, 2.24) is 30.2 Å². The number of aryl methyl sites for hydroxylation is 1. The van der Waals surface area contributed by atoms with Crippen LogP contribution in [0.4, 0.5) is 10.1 Å². The molecule has 2 aromatic rings. The third kappa shape index (κ3) is 9.64. The monoisotopic (exact) mass is 683 g/mol. The highest BCUT2D eigenvalue weighted by molar-refractivity contribution is 6.00. The Balaban J connectivity index is 1.54. The number of anilines is 1. The van der Waals surface area contributed by atoms with Crippen LogP contribution in [0, 0.1) is 23.6 Å². The van der Waals surface area contributed by atoms with Crippen molar-refractivity contribution in [2.45, 2.75) is 84.3 Å². The summed E-state index contributed by atoms with van der Waals surface area (Å²) in [6.07, 6.45) is 4.44. The highest BCUT2D eigenvalue weighted by Gasteiger charge is 2.36. The van der Waals surface area contributed by atoms with Gasteiger partial charge in [-0.05, 0) is 62.4 Å². The van der Waals surface area contributed by atoms with Crippen LogP contribution in [0.25, 0.3) is 0 Å². The largest absolute Gasteiger partial charge is 0.481 e. The van der Waals surface area contributed by atoms with E-state index in [0.717, 1.165) is 25.7 Å². The highest BCUT2D eigenvalue weighted by atomic mass is 19.1. The maximum absolute atomic E-state index is 15.7. The minimum absolute atomic E-state index is 0.0796. The second kappa shape index (κ2) is 16.9. The van der Waals surface area contributed by atoms with Gasteiger partial charge < -0.3 is 30.9 Å². The van der Waals surface area contributed by atoms with E-state index in [1.54, 1.807) is 28.6 Å². The average molecular weight is 684 g/mol. The highest BCUT2D eigenvalue weighted by Crippen LogP contribution is 2.32. The van der Waals surface area contributed by atoms with Gasteiger partial charge in [0.1, 0.15) is 23.6 Å². The van der Waals surface area contributed by atoms with Crippen LogP contribution >= 0.6 is 0 Å². The van der Waals surface area contributed by atoms with Gasteiger partial charge in [0.2, 0.25) is 17.7 Å². The summed E-state index contributed by atoms with van der Waals surface area (Å²) in [5, 5.41) is 21.6. The smallest absolute Gasteiger partial charge is 0.304 e. The van der Waals surface area contributed by atoms with E-state index in [1.807, 2.05) is 14.0 Å². The number of rotatable bonds is 13. The summed E-state index contributed by atoms with van der Waals surface area (Å²) >= 11 is 0. The molecule has 4 N–H and O–H groups in total. The fourth-order valence-corrected chi connectivity index (χ4v) is 6.60. The number of carbonyl (C=O) groups excluding carboxylic acids is 4. The third-order valence-corrected chi connectivity index (χ3v) is 9.93. The Hall–Kier alpha value is -4.33. The van der Waals surface area contributed by atoms with Gasteiger partial charge in [0.25, 0.3) is 5.91 Å². The van der Waals surface area contributed by atoms with Crippen molar-refractivity contribution in [1.29, 1.82) is 0 Å². The van der Waals surface area contributed by atoms with Gasteiger partial charge in [-0.3, -0.25) is 28.7 Å². The first-order chi connectivity index (χ1) is 23.3. The first kappa shape index (κ1) is 37.5. The number of carboxylic acid groups (broad SMARTS) is 1. The van der Waals surface area contributed by atoms with E-state index in [1.165, 1.54) is 25.3 Å². The Morgan fingerprint density at radius 1 is 0.980 bits per heavy atom. The van der Waals surface area contributed by atoms with Gasteiger partial charge in [0.15, 0.2) is 0 Å². The van der Waals surface area contributed by atoms with E-state index in [-0.39, 0.29) is 17.5 Å². The molecule has 0 bridgehead atoms.